The fourth-order valence-electron chi connectivity index (χ4n) is 1.78. The molecule has 17 heavy (non-hydrogen) atoms. The van der Waals surface area contributed by atoms with Crippen LogP contribution in [-0.2, 0) is 6.42 Å². The quantitative estimate of drug-likeness (QED) is 0.632. The lowest BCUT2D eigenvalue weighted by Crippen LogP contribution is -2.28. The highest BCUT2D eigenvalue weighted by Gasteiger charge is 2.16. The molecular formula is C12H15BrN2OS. The molecule has 0 saturated carbocycles. The predicted molar refractivity (Wildman–Crippen MR) is 73.7 cm³/mol. The third-order valence-corrected chi connectivity index (χ3v) is 4.25. The van der Waals surface area contributed by atoms with E-state index in [0.717, 1.165) is 29.5 Å². The maximum atomic E-state index is 5.56. The summed E-state index contributed by atoms with van der Waals surface area (Å²) in [6.07, 6.45) is 4.81. The van der Waals surface area contributed by atoms with Gasteiger partial charge < -0.3 is 4.42 Å². The third kappa shape index (κ3) is 3.42. The summed E-state index contributed by atoms with van der Waals surface area (Å²) in [4.78, 5) is 1.42. The summed E-state index contributed by atoms with van der Waals surface area (Å²) in [6, 6.07) is 6.21. The molecule has 0 radical (unpaired) electrons. The minimum atomic E-state index is 0.0688. The van der Waals surface area contributed by atoms with E-state index in [1.54, 1.807) is 17.6 Å². The van der Waals surface area contributed by atoms with Gasteiger partial charge in [-0.1, -0.05) is 6.07 Å². The summed E-state index contributed by atoms with van der Waals surface area (Å²) in [5.74, 6) is 6.44. The van der Waals surface area contributed by atoms with Crippen molar-refractivity contribution in [2.24, 2.45) is 5.84 Å². The fourth-order valence-corrected chi connectivity index (χ4v) is 3.01. The van der Waals surface area contributed by atoms with E-state index >= 15 is 0 Å². The Kier molecular flexibility index (Phi) is 4.79. The third-order valence-electron chi connectivity index (χ3n) is 2.66. The number of hydrazine groups is 1. The van der Waals surface area contributed by atoms with Crippen molar-refractivity contribution in [3.63, 3.8) is 0 Å². The van der Waals surface area contributed by atoms with Crippen molar-refractivity contribution in [1.82, 2.24) is 5.43 Å². The van der Waals surface area contributed by atoms with Crippen LogP contribution in [0.1, 0.15) is 29.5 Å². The van der Waals surface area contributed by atoms with Gasteiger partial charge in [0.05, 0.1) is 16.8 Å². The Morgan fingerprint density at radius 2 is 2.35 bits per heavy atom. The molecule has 2 aromatic rings. The summed E-state index contributed by atoms with van der Waals surface area (Å²) in [6.45, 7) is 0. The van der Waals surface area contributed by atoms with Gasteiger partial charge in [-0.15, -0.1) is 11.3 Å². The summed E-state index contributed by atoms with van der Waals surface area (Å²) in [5.41, 5.74) is 2.81. The molecule has 0 aliphatic heterocycles. The zero-order chi connectivity index (χ0) is 12.1. The van der Waals surface area contributed by atoms with Gasteiger partial charge in [0.15, 0.2) is 0 Å². The van der Waals surface area contributed by atoms with Crippen LogP contribution in [-0.4, -0.2) is 0 Å². The Bertz CT molecular complexity index is 441. The SMILES string of the molecule is NNC(CCCc1cccs1)c1occc1Br. The van der Waals surface area contributed by atoms with Crippen LogP contribution in [0.5, 0.6) is 0 Å². The topological polar surface area (TPSA) is 51.2 Å². The maximum Gasteiger partial charge on any atom is 0.136 e. The second kappa shape index (κ2) is 6.35. The minimum absolute atomic E-state index is 0.0688. The molecule has 0 amide bonds. The Hall–Kier alpha value is -0.620. The first-order valence-electron chi connectivity index (χ1n) is 5.52. The van der Waals surface area contributed by atoms with Crippen LogP contribution >= 0.6 is 27.3 Å². The molecule has 3 N–H and O–H groups in total. The average molecular weight is 315 g/mol. The van der Waals surface area contributed by atoms with Crippen LogP contribution in [0.4, 0.5) is 0 Å². The van der Waals surface area contributed by atoms with E-state index in [2.05, 4.69) is 38.9 Å². The Morgan fingerprint density at radius 3 is 2.94 bits per heavy atom. The van der Waals surface area contributed by atoms with Crippen molar-refractivity contribution < 1.29 is 4.42 Å². The number of aryl methyl sites for hydroxylation is 1. The molecule has 5 heteroatoms. The molecule has 0 bridgehead atoms. The maximum absolute atomic E-state index is 5.56. The number of hydrogen-bond acceptors (Lipinski definition) is 4. The number of halogens is 1. The van der Waals surface area contributed by atoms with Crippen molar-refractivity contribution in [3.05, 3.63) is 45.0 Å². The minimum Gasteiger partial charge on any atom is -0.466 e. The van der Waals surface area contributed by atoms with E-state index < -0.39 is 0 Å². The van der Waals surface area contributed by atoms with E-state index in [1.165, 1.54) is 4.88 Å². The van der Waals surface area contributed by atoms with Gasteiger partial charge in [-0.05, 0) is 52.7 Å². The van der Waals surface area contributed by atoms with E-state index in [-0.39, 0.29) is 6.04 Å². The first kappa shape index (κ1) is 12.8. The molecule has 0 saturated heterocycles. The monoisotopic (exact) mass is 314 g/mol. The number of thiophene rings is 1. The van der Waals surface area contributed by atoms with Gasteiger partial charge in [0.1, 0.15) is 5.76 Å². The number of rotatable bonds is 6. The van der Waals surface area contributed by atoms with Gasteiger partial charge >= 0.3 is 0 Å². The fraction of sp³-hybridized carbons (Fsp3) is 0.333. The van der Waals surface area contributed by atoms with Gasteiger partial charge in [0, 0.05) is 4.88 Å². The molecule has 2 aromatic heterocycles. The molecule has 3 nitrogen and oxygen atoms in total. The number of hydrogen-bond donors (Lipinski definition) is 2. The van der Waals surface area contributed by atoms with Gasteiger partial charge in [0.2, 0.25) is 0 Å². The first-order chi connectivity index (χ1) is 8.31. The smallest absolute Gasteiger partial charge is 0.136 e. The number of nitrogens with one attached hydrogen (secondary N) is 1. The van der Waals surface area contributed by atoms with Crippen molar-refractivity contribution in [3.8, 4) is 0 Å². The molecule has 0 spiro atoms. The van der Waals surface area contributed by atoms with Crippen LogP contribution in [0.25, 0.3) is 0 Å². The van der Waals surface area contributed by atoms with Gasteiger partial charge in [-0.2, -0.15) is 0 Å². The molecule has 0 fully saturated rings. The van der Waals surface area contributed by atoms with Crippen molar-refractivity contribution in [2.75, 3.05) is 0 Å². The number of nitrogens with two attached hydrogens (primary N) is 1. The van der Waals surface area contributed by atoms with E-state index in [4.69, 9.17) is 10.3 Å². The summed E-state index contributed by atoms with van der Waals surface area (Å²) in [5, 5.41) is 2.11. The molecule has 0 aliphatic rings. The van der Waals surface area contributed by atoms with Gasteiger partial charge in [-0.25, -0.2) is 5.43 Å². The molecule has 2 heterocycles. The van der Waals surface area contributed by atoms with Crippen LogP contribution in [0.15, 0.2) is 38.7 Å². The summed E-state index contributed by atoms with van der Waals surface area (Å²) < 4.78 is 6.39. The lowest BCUT2D eigenvalue weighted by molar-refractivity contribution is 0.392. The highest BCUT2D eigenvalue weighted by atomic mass is 79.9. The van der Waals surface area contributed by atoms with Gasteiger partial charge in [-0.3, -0.25) is 5.84 Å². The number of furan rings is 1. The van der Waals surface area contributed by atoms with Gasteiger partial charge in [0.25, 0.3) is 0 Å². The van der Waals surface area contributed by atoms with Crippen LogP contribution < -0.4 is 11.3 Å². The van der Waals surface area contributed by atoms with Crippen LogP contribution in [0, 0.1) is 0 Å². The van der Waals surface area contributed by atoms with Crippen LogP contribution in [0.3, 0.4) is 0 Å². The van der Waals surface area contributed by atoms with Crippen molar-refractivity contribution in [1.29, 1.82) is 0 Å². The molecular weight excluding hydrogens is 300 g/mol. The van der Waals surface area contributed by atoms with E-state index in [9.17, 15) is 0 Å². The largest absolute Gasteiger partial charge is 0.466 e. The van der Waals surface area contributed by atoms with E-state index in [0.29, 0.717) is 0 Å². The summed E-state index contributed by atoms with van der Waals surface area (Å²) in [7, 11) is 0. The predicted octanol–water partition coefficient (Wildman–Crippen LogP) is 3.63. The second-order valence-corrected chi connectivity index (χ2v) is 5.71. The Balaban J connectivity index is 1.86. The highest BCUT2D eigenvalue weighted by Crippen LogP contribution is 2.27. The Morgan fingerprint density at radius 1 is 1.47 bits per heavy atom. The first-order valence-corrected chi connectivity index (χ1v) is 7.20. The van der Waals surface area contributed by atoms with Crippen LogP contribution in [0.2, 0.25) is 0 Å². The highest BCUT2D eigenvalue weighted by molar-refractivity contribution is 9.10. The molecule has 0 aromatic carbocycles. The average Bonchev–Trinajstić information content (AvgIpc) is 2.96. The second-order valence-electron chi connectivity index (χ2n) is 3.82. The molecule has 2 rings (SSSR count). The normalized spacial score (nSPS) is 12.8. The van der Waals surface area contributed by atoms with Crippen molar-refractivity contribution in [2.45, 2.75) is 25.3 Å². The lowest BCUT2D eigenvalue weighted by Gasteiger charge is -2.13. The lowest BCUT2D eigenvalue weighted by atomic mass is 10.1. The molecule has 1 unspecified atom stereocenters. The Labute approximate surface area is 113 Å². The zero-order valence-corrected chi connectivity index (χ0v) is 11.8. The molecule has 1 atom stereocenters. The summed E-state index contributed by atoms with van der Waals surface area (Å²) >= 11 is 5.25. The van der Waals surface area contributed by atoms with E-state index in [1.807, 2.05) is 6.07 Å². The standard InChI is InChI=1S/C12H15BrN2OS/c13-10-6-7-16-12(10)11(15-14)5-1-3-9-4-2-8-17-9/h2,4,6-8,11,15H,1,3,5,14H2. The molecule has 0 aliphatic carbocycles. The van der Waals surface area contributed by atoms with Crippen molar-refractivity contribution >= 4 is 27.3 Å². The zero-order valence-electron chi connectivity index (χ0n) is 9.36. The molecule has 92 valence electrons.